The van der Waals surface area contributed by atoms with E-state index in [4.69, 9.17) is 28.3 Å². The first kappa shape index (κ1) is 17.5. The van der Waals surface area contributed by atoms with Crippen LogP contribution in [0, 0.1) is 0 Å². The number of hydrogen-bond donors (Lipinski definition) is 1. The van der Waals surface area contributed by atoms with E-state index in [1.807, 2.05) is 18.2 Å². The number of rotatable bonds is 2. The summed E-state index contributed by atoms with van der Waals surface area (Å²) < 4.78 is 0. The van der Waals surface area contributed by atoms with Gasteiger partial charge in [0.2, 0.25) is 0 Å². The average Bonchev–Trinajstić information content (AvgIpc) is 2.51. The van der Waals surface area contributed by atoms with Crippen molar-refractivity contribution in [2.24, 2.45) is 0 Å². The topological polar surface area (TPSA) is 54.4 Å². The minimum Gasteiger partial charge on any atom is -0.481 e. The molecule has 0 amide bonds. The Kier molecular flexibility index (Phi) is 6.20. The third-order valence-corrected chi connectivity index (χ3v) is 4.29. The number of hydrogen-bond acceptors (Lipinski definition) is 2. The van der Waals surface area contributed by atoms with Gasteiger partial charge in [0.25, 0.3) is 0 Å². The molecule has 2 aromatic carbocycles. The van der Waals surface area contributed by atoms with E-state index in [-0.39, 0.29) is 6.42 Å². The predicted octanol–water partition coefficient (Wildman–Crippen LogP) is 4.36. The number of aliphatic carboxylic acids is 1. The summed E-state index contributed by atoms with van der Waals surface area (Å²) in [5, 5.41) is 9.68. The van der Waals surface area contributed by atoms with E-state index in [0.29, 0.717) is 29.2 Å². The SMILES string of the molecule is O=C(O)Cc1ccccc1Cl.O=C1CCc2cccc(Cl)c2C1. The Morgan fingerprint density at radius 2 is 1.70 bits per heavy atom. The molecule has 1 aliphatic rings. The minimum absolute atomic E-state index is 0.0142. The fourth-order valence-electron chi connectivity index (χ4n) is 2.40. The van der Waals surface area contributed by atoms with Gasteiger partial charge in [-0.1, -0.05) is 53.5 Å². The molecule has 0 saturated heterocycles. The van der Waals surface area contributed by atoms with E-state index < -0.39 is 5.97 Å². The van der Waals surface area contributed by atoms with Crippen LogP contribution in [0.2, 0.25) is 10.0 Å². The summed E-state index contributed by atoms with van der Waals surface area (Å²) >= 11 is 11.7. The van der Waals surface area contributed by atoms with Crippen LogP contribution in [-0.4, -0.2) is 16.9 Å². The third kappa shape index (κ3) is 5.08. The van der Waals surface area contributed by atoms with Crippen molar-refractivity contribution in [1.82, 2.24) is 0 Å². The highest BCUT2D eigenvalue weighted by Gasteiger charge is 2.16. The molecular weight excluding hydrogens is 335 g/mol. The molecule has 0 radical (unpaired) electrons. The zero-order valence-corrected chi connectivity index (χ0v) is 13.9. The Bertz CT molecular complexity index is 726. The molecule has 0 unspecified atom stereocenters. The Balaban J connectivity index is 0.000000168. The first-order valence-electron chi connectivity index (χ1n) is 7.20. The summed E-state index contributed by atoms with van der Waals surface area (Å²) in [6.45, 7) is 0. The van der Waals surface area contributed by atoms with E-state index >= 15 is 0 Å². The molecule has 0 bridgehead atoms. The van der Waals surface area contributed by atoms with Crippen LogP contribution in [0.5, 0.6) is 0 Å². The molecule has 3 rings (SSSR count). The van der Waals surface area contributed by atoms with Gasteiger partial charge in [-0.2, -0.15) is 0 Å². The highest BCUT2D eigenvalue weighted by molar-refractivity contribution is 6.32. The fraction of sp³-hybridized carbons (Fsp3) is 0.222. The van der Waals surface area contributed by atoms with Gasteiger partial charge in [0.05, 0.1) is 6.42 Å². The maximum Gasteiger partial charge on any atom is 0.307 e. The molecule has 2 aromatic rings. The Labute approximate surface area is 144 Å². The number of carbonyl (C=O) groups excluding carboxylic acids is 1. The molecule has 5 heteroatoms. The molecule has 0 aliphatic heterocycles. The van der Waals surface area contributed by atoms with Crippen LogP contribution >= 0.6 is 23.2 Å². The van der Waals surface area contributed by atoms with Crippen LogP contribution in [0.1, 0.15) is 23.1 Å². The Morgan fingerprint density at radius 1 is 1.00 bits per heavy atom. The van der Waals surface area contributed by atoms with E-state index in [9.17, 15) is 9.59 Å². The van der Waals surface area contributed by atoms with Gasteiger partial charge in [0, 0.05) is 22.9 Å². The highest BCUT2D eigenvalue weighted by Crippen LogP contribution is 2.25. The van der Waals surface area contributed by atoms with Gasteiger partial charge in [0.1, 0.15) is 5.78 Å². The average molecular weight is 351 g/mol. The number of fused-ring (bicyclic) bond motifs is 1. The van der Waals surface area contributed by atoms with Crippen molar-refractivity contribution in [1.29, 1.82) is 0 Å². The molecule has 0 atom stereocenters. The van der Waals surface area contributed by atoms with Crippen LogP contribution < -0.4 is 0 Å². The summed E-state index contributed by atoms with van der Waals surface area (Å²) in [6.07, 6.45) is 2.04. The number of Topliss-reactive ketones (excluding diaryl/α,β-unsaturated/α-hetero) is 1. The first-order valence-corrected chi connectivity index (χ1v) is 7.96. The molecule has 3 nitrogen and oxygen atoms in total. The second-order valence-electron chi connectivity index (χ2n) is 5.25. The summed E-state index contributed by atoms with van der Waals surface area (Å²) in [4.78, 5) is 21.4. The summed E-state index contributed by atoms with van der Waals surface area (Å²) in [5.41, 5.74) is 2.93. The lowest BCUT2D eigenvalue weighted by Crippen LogP contribution is -2.13. The number of halogens is 2. The van der Waals surface area contributed by atoms with Crippen LogP contribution in [0.3, 0.4) is 0 Å². The van der Waals surface area contributed by atoms with Crippen LogP contribution in [0.15, 0.2) is 42.5 Å². The first-order chi connectivity index (χ1) is 11.0. The Morgan fingerprint density at radius 3 is 2.39 bits per heavy atom. The number of aryl methyl sites for hydroxylation is 1. The number of carbonyl (C=O) groups is 2. The van der Waals surface area contributed by atoms with Crippen LogP contribution in [0.4, 0.5) is 0 Å². The standard InChI is InChI=1S/C10H9ClO.C8H7ClO2/c11-10-3-1-2-7-4-5-8(12)6-9(7)10;9-7-4-2-1-3-6(7)5-8(10)11/h1-3H,4-6H2;1-4H,5H2,(H,10,11). The fourth-order valence-corrected chi connectivity index (χ4v) is 2.86. The molecule has 1 N–H and O–H groups in total. The second kappa shape index (κ2) is 8.14. The van der Waals surface area contributed by atoms with Gasteiger partial charge < -0.3 is 5.11 Å². The number of carboxylic acid groups (broad SMARTS) is 1. The number of benzene rings is 2. The lowest BCUT2D eigenvalue weighted by molar-refractivity contribution is -0.136. The smallest absolute Gasteiger partial charge is 0.307 e. The predicted molar refractivity (Wildman–Crippen MR) is 91.3 cm³/mol. The largest absolute Gasteiger partial charge is 0.481 e. The van der Waals surface area contributed by atoms with Gasteiger partial charge in [0.15, 0.2) is 0 Å². The van der Waals surface area contributed by atoms with Crippen molar-refractivity contribution >= 4 is 35.0 Å². The zero-order valence-electron chi connectivity index (χ0n) is 12.4. The Hall–Kier alpha value is -1.84. The van der Waals surface area contributed by atoms with Crippen LogP contribution in [-0.2, 0) is 28.9 Å². The normalized spacial score (nSPS) is 12.9. The minimum atomic E-state index is -0.863. The molecule has 0 heterocycles. The second-order valence-corrected chi connectivity index (χ2v) is 6.07. The summed E-state index contributed by atoms with van der Waals surface area (Å²) in [5.74, 6) is -0.561. The highest BCUT2D eigenvalue weighted by atomic mass is 35.5. The number of carboxylic acids is 1. The molecule has 0 saturated carbocycles. The lowest BCUT2D eigenvalue weighted by atomic mass is 9.91. The lowest BCUT2D eigenvalue weighted by Gasteiger charge is -2.15. The number of ketones is 1. The zero-order chi connectivity index (χ0) is 16.8. The molecular formula is C18H16Cl2O3. The van der Waals surface area contributed by atoms with Crippen molar-refractivity contribution in [3.63, 3.8) is 0 Å². The van der Waals surface area contributed by atoms with Gasteiger partial charge in [-0.3, -0.25) is 9.59 Å². The quantitative estimate of drug-likeness (QED) is 0.874. The van der Waals surface area contributed by atoms with Gasteiger partial charge >= 0.3 is 5.97 Å². The van der Waals surface area contributed by atoms with Crippen molar-refractivity contribution < 1.29 is 14.7 Å². The van der Waals surface area contributed by atoms with E-state index in [1.165, 1.54) is 5.56 Å². The van der Waals surface area contributed by atoms with Gasteiger partial charge in [-0.15, -0.1) is 0 Å². The maximum absolute atomic E-state index is 11.1. The van der Waals surface area contributed by atoms with Crippen molar-refractivity contribution in [3.05, 3.63) is 69.2 Å². The monoisotopic (exact) mass is 350 g/mol. The van der Waals surface area contributed by atoms with E-state index in [1.54, 1.807) is 24.3 Å². The molecule has 0 fully saturated rings. The van der Waals surface area contributed by atoms with Crippen molar-refractivity contribution in [2.75, 3.05) is 0 Å². The molecule has 1 aliphatic carbocycles. The third-order valence-electron chi connectivity index (χ3n) is 3.56. The molecule has 120 valence electrons. The van der Waals surface area contributed by atoms with E-state index in [0.717, 1.165) is 17.0 Å². The maximum atomic E-state index is 11.1. The summed E-state index contributed by atoms with van der Waals surface area (Å²) in [6, 6.07) is 12.8. The molecule has 23 heavy (non-hydrogen) atoms. The van der Waals surface area contributed by atoms with Crippen molar-refractivity contribution in [3.8, 4) is 0 Å². The van der Waals surface area contributed by atoms with Gasteiger partial charge in [-0.05, 0) is 35.2 Å². The molecule has 0 spiro atoms. The van der Waals surface area contributed by atoms with Crippen LogP contribution in [0.25, 0.3) is 0 Å². The van der Waals surface area contributed by atoms with Crippen molar-refractivity contribution in [2.45, 2.75) is 25.7 Å². The summed E-state index contributed by atoms with van der Waals surface area (Å²) in [7, 11) is 0. The van der Waals surface area contributed by atoms with Gasteiger partial charge in [-0.25, -0.2) is 0 Å². The molecule has 0 aromatic heterocycles. The van der Waals surface area contributed by atoms with E-state index in [2.05, 4.69) is 0 Å².